The van der Waals surface area contributed by atoms with Crippen molar-refractivity contribution in [2.24, 2.45) is 0 Å². The van der Waals surface area contributed by atoms with Gasteiger partial charge in [0.1, 0.15) is 6.54 Å². The molecule has 3 rings (SSSR count). The highest BCUT2D eigenvalue weighted by Gasteiger charge is 2.44. The van der Waals surface area contributed by atoms with Crippen LogP contribution in [0.4, 0.5) is 5.69 Å². The lowest BCUT2D eigenvalue weighted by atomic mass is 9.80. The first-order chi connectivity index (χ1) is 14.3. The van der Waals surface area contributed by atoms with Gasteiger partial charge in [-0.3, -0.25) is 9.11 Å². The molecule has 0 amide bonds. The van der Waals surface area contributed by atoms with Crippen LogP contribution in [0.5, 0.6) is 0 Å². The number of fused-ring (bicyclic) bond motifs is 3. The van der Waals surface area contributed by atoms with Crippen molar-refractivity contribution >= 4 is 54.5 Å². The van der Waals surface area contributed by atoms with Gasteiger partial charge < -0.3 is 0 Å². The van der Waals surface area contributed by atoms with Gasteiger partial charge in [0.15, 0.2) is 5.71 Å². The fraction of sp³-hybridized carbons (Fsp3) is 0.389. The van der Waals surface area contributed by atoms with Crippen LogP contribution in [0.1, 0.15) is 32.8 Å². The van der Waals surface area contributed by atoms with Gasteiger partial charge in [-0.2, -0.15) is 21.4 Å². The lowest BCUT2D eigenvalue weighted by Gasteiger charge is -2.18. The fourth-order valence-corrected chi connectivity index (χ4v) is 5.56. The molecule has 2 aromatic rings. The number of nitrogens with zero attached hydrogens (tertiary/aromatic N) is 1. The maximum atomic E-state index is 11.9. The Morgan fingerprint density at radius 1 is 1.10 bits per heavy atom. The van der Waals surface area contributed by atoms with Gasteiger partial charge in [-0.1, -0.05) is 5.04 Å². The summed E-state index contributed by atoms with van der Waals surface area (Å²) >= 11 is 0.581. The van der Waals surface area contributed by atoms with E-state index < -0.39 is 25.7 Å². The van der Waals surface area contributed by atoms with Gasteiger partial charge >= 0.3 is 0 Å². The minimum Gasteiger partial charge on any atom is -0.286 e. The fourth-order valence-electron chi connectivity index (χ4n) is 3.91. The van der Waals surface area contributed by atoms with Gasteiger partial charge in [0, 0.05) is 29.9 Å². The molecule has 0 atom stereocenters. The van der Waals surface area contributed by atoms with Crippen LogP contribution in [0.3, 0.4) is 0 Å². The van der Waals surface area contributed by atoms with E-state index >= 15 is 0 Å². The minimum atomic E-state index is -4.54. The summed E-state index contributed by atoms with van der Waals surface area (Å²) in [5.74, 6) is -0.383. The second-order valence-corrected chi connectivity index (χ2v) is 11.4. The Bertz CT molecular complexity index is 1280. The standard InChI is InChI=1S/C18H21NO9S3/c1-11-18(2,3)17-14-9-12(31(24,25)26)10-16(29-28-27-20)13(14)5-6-15(17)19(11)7-4-8-30(21,22)23/h5-6,9-10H,4,7-8H2,1-3H3,(H2-,20,21,22,23,24,25,26)/p+1. The van der Waals surface area contributed by atoms with Gasteiger partial charge in [-0.15, -0.1) is 4.33 Å². The molecule has 31 heavy (non-hydrogen) atoms. The van der Waals surface area contributed by atoms with Crippen LogP contribution in [0.15, 0.2) is 34.1 Å². The minimum absolute atomic E-state index is 0.192. The first-order valence-corrected chi connectivity index (χ1v) is 12.9. The lowest BCUT2D eigenvalue weighted by Crippen LogP contribution is -2.27. The summed E-state index contributed by atoms with van der Waals surface area (Å²) in [7, 11) is -8.63. The Balaban J connectivity index is 2.22. The van der Waals surface area contributed by atoms with E-state index in [0.29, 0.717) is 34.3 Å². The quantitative estimate of drug-likeness (QED) is 0.165. The smallest absolute Gasteiger partial charge is 0.286 e. The highest BCUT2D eigenvalue weighted by atomic mass is 32.2. The summed E-state index contributed by atoms with van der Waals surface area (Å²) in [4.78, 5) is -0.0593. The van der Waals surface area contributed by atoms with Crippen molar-refractivity contribution in [2.75, 3.05) is 12.3 Å². The third kappa shape index (κ3) is 4.78. The van der Waals surface area contributed by atoms with Gasteiger partial charge in [0.25, 0.3) is 20.2 Å². The molecule has 0 fully saturated rings. The normalized spacial score (nSPS) is 16.2. The molecule has 0 radical (unpaired) electrons. The number of benzene rings is 2. The third-order valence-corrected chi connectivity index (χ3v) is 7.79. The molecule has 0 bridgehead atoms. The Morgan fingerprint density at radius 3 is 2.35 bits per heavy atom. The van der Waals surface area contributed by atoms with Crippen LogP contribution < -0.4 is 0 Å². The molecule has 1 heterocycles. The lowest BCUT2D eigenvalue weighted by molar-refractivity contribution is -0.438. The van der Waals surface area contributed by atoms with Gasteiger partial charge in [0.05, 0.1) is 28.1 Å². The molecule has 0 spiro atoms. The zero-order valence-corrected chi connectivity index (χ0v) is 19.3. The molecule has 0 aliphatic carbocycles. The number of rotatable bonds is 8. The molecule has 0 saturated carbocycles. The maximum Gasteiger partial charge on any atom is 0.294 e. The van der Waals surface area contributed by atoms with E-state index in [4.69, 9.17) is 9.81 Å². The summed E-state index contributed by atoms with van der Waals surface area (Å²) in [5, 5.41) is 13.3. The summed E-state index contributed by atoms with van der Waals surface area (Å²) in [6, 6.07) is 6.12. The van der Waals surface area contributed by atoms with Gasteiger partial charge in [-0.05, 0) is 42.8 Å². The van der Waals surface area contributed by atoms with Crippen molar-refractivity contribution in [3.05, 3.63) is 29.8 Å². The molecule has 0 aromatic heterocycles. The van der Waals surface area contributed by atoms with Crippen molar-refractivity contribution in [2.45, 2.75) is 42.4 Å². The van der Waals surface area contributed by atoms with Crippen LogP contribution in [0, 0.1) is 0 Å². The molecule has 0 saturated heterocycles. The highest BCUT2D eigenvalue weighted by Crippen LogP contribution is 2.46. The van der Waals surface area contributed by atoms with E-state index in [1.165, 1.54) is 12.1 Å². The van der Waals surface area contributed by atoms with Crippen LogP contribution in [0.2, 0.25) is 0 Å². The Morgan fingerprint density at radius 2 is 1.77 bits per heavy atom. The van der Waals surface area contributed by atoms with Crippen molar-refractivity contribution in [3.8, 4) is 0 Å². The van der Waals surface area contributed by atoms with E-state index in [9.17, 15) is 21.4 Å². The molecule has 1 aliphatic rings. The predicted molar refractivity (Wildman–Crippen MR) is 114 cm³/mol. The number of hydrogen-bond donors (Lipinski definition) is 3. The first kappa shape index (κ1) is 24.1. The molecule has 13 heteroatoms. The first-order valence-electron chi connectivity index (χ1n) is 9.07. The molecular weight excluding hydrogens is 470 g/mol. The Kier molecular flexibility index (Phi) is 6.53. The predicted octanol–water partition coefficient (Wildman–Crippen LogP) is 3.19. The average molecular weight is 493 g/mol. The van der Waals surface area contributed by atoms with E-state index in [-0.39, 0.29) is 17.1 Å². The molecule has 170 valence electrons. The molecule has 3 N–H and O–H groups in total. The SMILES string of the molecule is CC1=[N+](CCCS(=O)(=O)O)c2ccc3c(SOOO)cc(S(=O)(=O)O)cc3c2C1(C)C. The van der Waals surface area contributed by atoms with Crippen LogP contribution in [-0.2, 0) is 35.0 Å². The third-order valence-electron chi connectivity index (χ3n) is 5.51. The van der Waals surface area contributed by atoms with Gasteiger partial charge in [-0.25, -0.2) is 5.26 Å². The summed E-state index contributed by atoms with van der Waals surface area (Å²) in [5.41, 5.74) is 1.90. The van der Waals surface area contributed by atoms with Crippen molar-refractivity contribution < 1.29 is 45.1 Å². The van der Waals surface area contributed by atoms with E-state index in [0.717, 1.165) is 17.0 Å². The largest absolute Gasteiger partial charge is 0.294 e. The number of hydrogen-bond acceptors (Lipinski definition) is 8. The van der Waals surface area contributed by atoms with Crippen molar-refractivity contribution in [1.82, 2.24) is 0 Å². The Labute approximate surface area is 184 Å². The highest BCUT2D eigenvalue weighted by molar-refractivity contribution is 7.94. The monoisotopic (exact) mass is 492 g/mol. The summed E-state index contributed by atoms with van der Waals surface area (Å²) in [6.07, 6.45) is 0.192. The molecule has 10 nitrogen and oxygen atoms in total. The molecular formula is C18H22NO9S3+. The van der Waals surface area contributed by atoms with Crippen LogP contribution >= 0.6 is 12.0 Å². The average Bonchev–Trinajstić information content (AvgIpc) is 2.84. The van der Waals surface area contributed by atoms with Gasteiger partial charge in [0.2, 0.25) is 5.69 Å². The molecule has 1 aliphatic heterocycles. The molecule has 0 unspecified atom stereocenters. The zero-order chi connectivity index (χ0) is 23.2. The van der Waals surface area contributed by atoms with Crippen molar-refractivity contribution in [3.63, 3.8) is 0 Å². The van der Waals surface area contributed by atoms with Crippen LogP contribution in [-0.4, -0.2) is 53.8 Å². The zero-order valence-electron chi connectivity index (χ0n) is 16.9. The molecule has 2 aromatic carbocycles. The second kappa shape index (κ2) is 8.41. The topological polar surface area (TPSA) is 150 Å². The van der Waals surface area contributed by atoms with E-state index in [2.05, 4.69) is 9.37 Å². The maximum absolute atomic E-state index is 11.9. The van der Waals surface area contributed by atoms with Crippen LogP contribution in [0.25, 0.3) is 10.8 Å². The second-order valence-electron chi connectivity index (χ2n) is 7.68. The summed E-state index contributed by atoms with van der Waals surface area (Å²) < 4.78 is 71.0. The van der Waals surface area contributed by atoms with Crippen molar-refractivity contribution in [1.29, 1.82) is 0 Å². The van der Waals surface area contributed by atoms with E-state index in [1.807, 2.05) is 31.4 Å². The Hall–Kier alpha value is -1.58. The van der Waals surface area contributed by atoms with E-state index in [1.54, 1.807) is 6.07 Å². The summed E-state index contributed by atoms with van der Waals surface area (Å²) in [6.45, 7) is 6.12.